The van der Waals surface area contributed by atoms with Crippen LogP contribution in [0.25, 0.3) is 0 Å². The molecule has 0 saturated heterocycles. The summed E-state index contributed by atoms with van der Waals surface area (Å²) < 4.78 is 83.6. The number of nitrogens with one attached hydrogen (secondary N) is 1. The van der Waals surface area contributed by atoms with Crippen molar-refractivity contribution in [3.05, 3.63) is 99.8 Å². The lowest BCUT2D eigenvalue weighted by atomic mass is 9.77. The molecule has 0 aliphatic heterocycles. The molecule has 1 aromatic heterocycles. The van der Waals surface area contributed by atoms with Gasteiger partial charge in [0.05, 0.1) is 21.8 Å². The maximum absolute atomic E-state index is 14.2. The van der Waals surface area contributed by atoms with Crippen LogP contribution in [0.15, 0.2) is 66.9 Å². The maximum atomic E-state index is 14.2. The van der Waals surface area contributed by atoms with Crippen molar-refractivity contribution in [3.8, 4) is 0 Å². The molecule has 2 aromatic carbocycles. The van der Waals surface area contributed by atoms with E-state index in [-0.39, 0.29) is 17.1 Å². The van der Waals surface area contributed by atoms with E-state index in [1.165, 1.54) is 18.3 Å². The van der Waals surface area contributed by atoms with Crippen LogP contribution >= 0.6 is 11.6 Å². The third-order valence-electron chi connectivity index (χ3n) is 5.87. The van der Waals surface area contributed by atoms with Crippen LogP contribution in [0.2, 0.25) is 5.02 Å². The van der Waals surface area contributed by atoms with Crippen molar-refractivity contribution in [2.24, 2.45) is 5.92 Å². The molecule has 4 rings (SSSR count). The summed E-state index contributed by atoms with van der Waals surface area (Å²) in [6.45, 7) is 0. The third kappa shape index (κ3) is 5.45. The standard InChI is InChI=1S/C25H19ClF6N2O/c26-18-9-11-21(33-14-18)23(34-22(35)16-6-7-16,13-15-4-2-1-3-5-15)20-12-17(24(27,28)29)8-10-19(20)25(30,31)32/h1-5,8-12,14,16H,6-7,13H2,(H,34,35)/t23-/m0/s1. The number of halogens is 7. The van der Waals surface area contributed by atoms with Gasteiger partial charge in [0.2, 0.25) is 5.91 Å². The van der Waals surface area contributed by atoms with Crippen molar-refractivity contribution in [3.63, 3.8) is 0 Å². The van der Waals surface area contributed by atoms with Crippen molar-refractivity contribution >= 4 is 17.5 Å². The number of aromatic nitrogens is 1. The molecule has 1 N–H and O–H groups in total. The number of carbonyl (C=O) groups excluding carboxylic acids is 1. The number of nitrogens with zero attached hydrogens (tertiary/aromatic N) is 1. The number of alkyl halides is 6. The van der Waals surface area contributed by atoms with Crippen LogP contribution < -0.4 is 5.32 Å². The lowest BCUT2D eigenvalue weighted by molar-refractivity contribution is -0.142. The summed E-state index contributed by atoms with van der Waals surface area (Å²) in [6.07, 6.45) is -7.93. The van der Waals surface area contributed by atoms with Gasteiger partial charge in [-0.25, -0.2) is 0 Å². The molecule has 0 spiro atoms. The first-order valence-corrected chi connectivity index (χ1v) is 11.0. The van der Waals surface area contributed by atoms with Gasteiger partial charge in [-0.05, 0) is 54.3 Å². The van der Waals surface area contributed by atoms with E-state index in [9.17, 15) is 31.1 Å². The first-order valence-electron chi connectivity index (χ1n) is 10.7. The van der Waals surface area contributed by atoms with Gasteiger partial charge in [-0.1, -0.05) is 41.9 Å². The Hall–Kier alpha value is -3.07. The fourth-order valence-electron chi connectivity index (χ4n) is 4.01. The highest BCUT2D eigenvalue weighted by molar-refractivity contribution is 6.30. The Morgan fingerprint density at radius 3 is 2.14 bits per heavy atom. The molecule has 1 amide bonds. The van der Waals surface area contributed by atoms with Gasteiger partial charge in [0.1, 0.15) is 5.54 Å². The first kappa shape index (κ1) is 25.0. The van der Waals surface area contributed by atoms with Crippen molar-refractivity contribution in [1.82, 2.24) is 10.3 Å². The largest absolute Gasteiger partial charge is 0.416 e. The minimum absolute atomic E-state index is 0.0652. The van der Waals surface area contributed by atoms with Gasteiger partial charge < -0.3 is 5.32 Å². The number of carbonyl (C=O) groups is 1. The summed E-state index contributed by atoms with van der Waals surface area (Å²) in [7, 11) is 0. The molecule has 35 heavy (non-hydrogen) atoms. The van der Waals surface area contributed by atoms with Crippen molar-refractivity contribution in [1.29, 1.82) is 0 Å². The SMILES string of the molecule is O=C(N[C@](Cc1ccccc1)(c1ccc(Cl)cn1)c1cc(C(F)(F)F)ccc1C(F)(F)F)C1CC1. The second-order valence-corrected chi connectivity index (χ2v) is 8.89. The van der Waals surface area contributed by atoms with Crippen molar-refractivity contribution < 1.29 is 31.1 Å². The monoisotopic (exact) mass is 512 g/mol. The molecule has 1 atom stereocenters. The zero-order valence-electron chi connectivity index (χ0n) is 18.1. The smallest absolute Gasteiger partial charge is 0.340 e. The number of benzene rings is 2. The van der Waals surface area contributed by atoms with Crippen LogP contribution in [0.4, 0.5) is 26.3 Å². The molecule has 0 unspecified atom stereocenters. The van der Waals surface area contributed by atoms with Crippen LogP contribution in [0.5, 0.6) is 0 Å². The Kier molecular flexibility index (Phi) is 6.57. The first-order chi connectivity index (χ1) is 16.4. The fourth-order valence-corrected chi connectivity index (χ4v) is 4.12. The minimum Gasteiger partial charge on any atom is -0.340 e. The van der Waals surface area contributed by atoms with E-state index in [0.29, 0.717) is 36.6 Å². The van der Waals surface area contributed by atoms with Crippen LogP contribution in [0, 0.1) is 5.92 Å². The van der Waals surface area contributed by atoms with Gasteiger partial charge in [0, 0.05) is 18.5 Å². The highest BCUT2D eigenvalue weighted by Gasteiger charge is 2.48. The van der Waals surface area contributed by atoms with Crippen molar-refractivity contribution in [2.45, 2.75) is 37.2 Å². The maximum Gasteiger partial charge on any atom is 0.416 e. The van der Waals surface area contributed by atoms with Gasteiger partial charge in [0.25, 0.3) is 0 Å². The molecule has 10 heteroatoms. The van der Waals surface area contributed by atoms with Gasteiger partial charge in [-0.2, -0.15) is 26.3 Å². The Morgan fingerprint density at radius 1 is 0.914 bits per heavy atom. The van der Waals surface area contributed by atoms with Crippen LogP contribution in [-0.2, 0) is 29.1 Å². The normalized spacial score (nSPS) is 16.0. The summed E-state index contributed by atoms with van der Waals surface area (Å²) in [5, 5.41) is 2.85. The van der Waals surface area contributed by atoms with Crippen LogP contribution in [-0.4, -0.2) is 10.9 Å². The van der Waals surface area contributed by atoms with E-state index in [1.54, 1.807) is 30.3 Å². The van der Waals surface area contributed by atoms with Gasteiger partial charge in [-0.3, -0.25) is 9.78 Å². The molecule has 3 nitrogen and oxygen atoms in total. The quantitative estimate of drug-likeness (QED) is 0.370. The van der Waals surface area contributed by atoms with E-state index in [4.69, 9.17) is 11.6 Å². The average Bonchev–Trinajstić information content (AvgIpc) is 3.64. The topological polar surface area (TPSA) is 42.0 Å². The van der Waals surface area contributed by atoms with Gasteiger partial charge in [0.15, 0.2) is 0 Å². The summed E-state index contributed by atoms with van der Waals surface area (Å²) in [5.41, 5.74) is -4.94. The summed E-state index contributed by atoms with van der Waals surface area (Å²) in [4.78, 5) is 17.2. The molecule has 184 valence electrons. The second kappa shape index (κ2) is 9.18. The summed E-state index contributed by atoms with van der Waals surface area (Å²) in [6, 6.07) is 12.2. The Bertz CT molecular complexity index is 1210. The molecule has 1 saturated carbocycles. The zero-order valence-corrected chi connectivity index (χ0v) is 18.8. The van der Waals surface area contributed by atoms with Crippen molar-refractivity contribution in [2.75, 3.05) is 0 Å². The summed E-state index contributed by atoms with van der Waals surface area (Å²) >= 11 is 5.94. The predicted octanol–water partition coefficient (Wildman–Crippen LogP) is 6.79. The highest BCUT2D eigenvalue weighted by Crippen LogP contribution is 2.44. The second-order valence-electron chi connectivity index (χ2n) is 8.45. The molecule has 3 aromatic rings. The number of rotatable bonds is 6. The Balaban J connectivity index is 2.05. The lowest BCUT2D eigenvalue weighted by Gasteiger charge is -2.37. The molecule has 0 bridgehead atoms. The van der Waals surface area contributed by atoms with E-state index >= 15 is 0 Å². The van der Waals surface area contributed by atoms with Crippen LogP contribution in [0.1, 0.15) is 40.8 Å². The number of hydrogen-bond donors (Lipinski definition) is 1. The highest BCUT2D eigenvalue weighted by atomic mass is 35.5. The number of amides is 1. The zero-order chi connectivity index (χ0) is 25.4. The molecule has 1 fully saturated rings. The average molecular weight is 513 g/mol. The van der Waals surface area contributed by atoms with Gasteiger partial charge >= 0.3 is 12.4 Å². The molecule has 1 aliphatic carbocycles. The molecular weight excluding hydrogens is 494 g/mol. The fraction of sp³-hybridized carbons (Fsp3) is 0.280. The molecule has 0 radical (unpaired) electrons. The molecule has 1 heterocycles. The van der Waals surface area contributed by atoms with E-state index in [0.717, 1.165) is 0 Å². The van der Waals surface area contributed by atoms with E-state index in [2.05, 4.69) is 10.3 Å². The minimum atomic E-state index is -5.00. The number of pyridine rings is 1. The Morgan fingerprint density at radius 2 is 1.60 bits per heavy atom. The van der Waals surface area contributed by atoms with E-state index < -0.39 is 46.4 Å². The summed E-state index contributed by atoms with van der Waals surface area (Å²) in [5.74, 6) is -0.985. The van der Waals surface area contributed by atoms with Crippen LogP contribution in [0.3, 0.4) is 0 Å². The third-order valence-corrected chi connectivity index (χ3v) is 6.10. The van der Waals surface area contributed by atoms with Gasteiger partial charge in [-0.15, -0.1) is 0 Å². The number of hydrogen-bond acceptors (Lipinski definition) is 2. The lowest BCUT2D eigenvalue weighted by Crippen LogP contribution is -2.50. The van der Waals surface area contributed by atoms with E-state index in [1.807, 2.05) is 0 Å². The molecule has 1 aliphatic rings. The Labute approximate surface area is 202 Å². The predicted molar refractivity (Wildman–Crippen MR) is 117 cm³/mol. The molecular formula is C25H19ClF6N2O.